The number of nitrogens with one attached hydrogen (secondary N) is 1. The van der Waals surface area contributed by atoms with E-state index in [1.165, 1.54) is 16.6 Å². The molecule has 1 aliphatic heterocycles. The summed E-state index contributed by atoms with van der Waals surface area (Å²) < 4.78 is 26.6. The zero-order valence-corrected chi connectivity index (χ0v) is 14.5. The van der Waals surface area contributed by atoms with E-state index in [1.54, 1.807) is 36.5 Å². The number of phenolic OH excluding ortho intramolecular Hbond substituents is 1. The molecular weight excluding hydrogens is 340 g/mol. The minimum absolute atomic E-state index is 0.161. The molecule has 1 aromatic carbocycles. The predicted octanol–water partition coefficient (Wildman–Crippen LogP) is 2.41. The molecule has 0 radical (unpaired) electrons. The monoisotopic (exact) mass is 360 g/mol. The molecular formula is C17H20N4O3S. The van der Waals surface area contributed by atoms with Crippen molar-refractivity contribution in [3.05, 3.63) is 48.2 Å². The first-order valence-corrected chi connectivity index (χ1v) is 9.54. The van der Waals surface area contributed by atoms with Crippen molar-refractivity contribution in [2.24, 2.45) is 5.10 Å². The summed E-state index contributed by atoms with van der Waals surface area (Å²) in [6.45, 7) is 1.13. The highest BCUT2D eigenvalue weighted by atomic mass is 32.2. The van der Waals surface area contributed by atoms with E-state index in [1.807, 2.05) is 0 Å². The summed E-state index contributed by atoms with van der Waals surface area (Å²) in [5, 5.41) is 13.4. The van der Waals surface area contributed by atoms with Crippen LogP contribution in [0, 0.1) is 0 Å². The van der Waals surface area contributed by atoms with Gasteiger partial charge in [-0.05, 0) is 42.7 Å². The number of piperidine rings is 1. The minimum Gasteiger partial charge on any atom is -0.508 e. The van der Waals surface area contributed by atoms with Crippen molar-refractivity contribution in [3.63, 3.8) is 0 Å². The van der Waals surface area contributed by atoms with Gasteiger partial charge in [-0.25, -0.2) is 13.4 Å². The van der Waals surface area contributed by atoms with Crippen molar-refractivity contribution in [3.8, 4) is 5.75 Å². The van der Waals surface area contributed by atoms with E-state index in [0.29, 0.717) is 18.9 Å². The molecule has 132 valence electrons. The summed E-state index contributed by atoms with van der Waals surface area (Å²) >= 11 is 0. The maximum Gasteiger partial charge on any atom is 0.244 e. The third-order valence-electron chi connectivity index (χ3n) is 3.95. The number of hydrogen-bond donors (Lipinski definition) is 2. The van der Waals surface area contributed by atoms with Crippen LogP contribution in [0.1, 0.15) is 24.8 Å². The lowest BCUT2D eigenvalue weighted by molar-refractivity contribution is 0.346. The molecule has 3 rings (SSSR count). The van der Waals surface area contributed by atoms with Crippen LogP contribution in [0.2, 0.25) is 0 Å². The Morgan fingerprint density at radius 2 is 1.96 bits per heavy atom. The normalized spacial score (nSPS) is 16.2. The first-order chi connectivity index (χ1) is 12.1. The summed E-state index contributed by atoms with van der Waals surface area (Å²) in [4.78, 5) is 4.30. The van der Waals surface area contributed by atoms with Crippen LogP contribution in [0.5, 0.6) is 5.75 Å². The van der Waals surface area contributed by atoms with E-state index in [9.17, 15) is 13.5 Å². The van der Waals surface area contributed by atoms with E-state index in [2.05, 4.69) is 15.5 Å². The minimum atomic E-state index is -3.47. The van der Waals surface area contributed by atoms with Crippen molar-refractivity contribution in [1.29, 1.82) is 0 Å². The molecule has 2 heterocycles. The van der Waals surface area contributed by atoms with E-state index in [0.717, 1.165) is 24.8 Å². The van der Waals surface area contributed by atoms with Gasteiger partial charge in [0.15, 0.2) is 0 Å². The molecule has 0 atom stereocenters. The zero-order chi connectivity index (χ0) is 17.7. The summed E-state index contributed by atoms with van der Waals surface area (Å²) in [5.74, 6) is 0.600. The second kappa shape index (κ2) is 7.62. The first-order valence-electron chi connectivity index (χ1n) is 8.10. The fourth-order valence-corrected chi connectivity index (χ4v) is 4.09. The molecule has 25 heavy (non-hydrogen) atoms. The van der Waals surface area contributed by atoms with Crippen molar-refractivity contribution in [1.82, 2.24) is 9.29 Å². The van der Waals surface area contributed by atoms with Crippen LogP contribution in [-0.2, 0) is 10.0 Å². The second-order valence-electron chi connectivity index (χ2n) is 5.81. The molecule has 0 bridgehead atoms. The number of hydrogen-bond acceptors (Lipinski definition) is 6. The molecule has 1 aliphatic rings. The molecule has 1 fully saturated rings. The number of rotatable bonds is 5. The number of nitrogens with zero attached hydrogens (tertiary/aromatic N) is 3. The van der Waals surface area contributed by atoms with Gasteiger partial charge in [-0.3, -0.25) is 5.43 Å². The number of hydrazone groups is 1. The summed E-state index contributed by atoms with van der Waals surface area (Å²) in [6, 6.07) is 9.78. The third-order valence-corrected chi connectivity index (χ3v) is 5.83. The van der Waals surface area contributed by atoms with Gasteiger partial charge in [0, 0.05) is 19.3 Å². The van der Waals surface area contributed by atoms with Crippen LogP contribution in [0.4, 0.5) is 5.82 Å². The average molecular weight is 360 g/mol. The lowest BCUT2D eigenvalue weighted by Crippen LogP contribution is -2.35. The Labute approximate surface area is 147 Å². The highest BCUT2D eigenvalue weighted by Crippen LogP contribution is 2.20. The molecule has 8 heteroatoms. The lowest BCUT2D eigenvalue weighted by atomic mass is 10.2. The molecule has 2 N–H and O–H groups in total. The fraction of sp³-hybridized carbons (Fsp3) is 0.294. The van der Waals surface area contributed by atoms with Crippen molar-refractivity contribution in [2.75, 3.05) is 18.5 Å². The van der Waals surface area contributed by atoms with E-state index in [-0.39, 0.29) is 10.6 Å². The van der Waals surface area contributed by atoms with Gasteiger partial charge in [-0.2, -0.15) is 9.41 Å². The van der Waals surface area contributed by atoms with Gasteiger partial charge in [-0.15, -0.1) is 0 Å². The fourth-order valence-electron chi connectivity index (χ4n) is 2.63. The molecule has 2 aromatic rings. The Hall–Kier alpha value is -2.45. The molecule has 0 saturated carbocycles. The third kappa shape index (κ3) is 4.34. The van der Waals surface area contributed by atoms with Crippen LogP contribution in [0.15, 0.2) is 52.6 Å². The molecule has 0 unspecified atom stereocenters. The van der Waals surface area contributed by atoms with Crippen LogP contribution in [-0.4, -0.2) is 42.1 Å². The Balaban J connectivity index is 1.65. The van der Waals surface area contributed by atoms with Crippen LogP contribution in [0.25, 0.3) is 0 Å². The van der Waals surface area contributed by atoms with Crippen molar-refractivity contribution >= 4 is 22.1 Å². The summed E-state index contributed by atoms with van der Waals surface area (Å²) in [7, 11) is -3.47. The SMILES string of the molecule is O=S(=O)(c1ccc(N/N=C/c2cccc(O)c2)nc1)N1CCCCC1. The number of phenols is 1. The lowest BCUT2D eigenvalue weighted by Gasteiger charge is -2.25. The van der Waals surface area contributed by atoms with Crippen molar-refractivity contribution in [2.45, 2.75) is 24.2 Å². The van der Waals surface area contributed by atoms with Gasteiger partial charge in [-0.1, -0.05) is 18.6 Å². The Morgan fingerprint density at radius 3 is 2.64 bits per heavy atom. The predicted molar refractivity (Wildman–Crippen MR) is 96.2 cm³/mol. The number of pyridine rings is 1. The number of anilines is 1. The molecule has 1 aromatic heterocycles. The van der Waals surface area contributed by atoms with Gasteiger partial charge in [0.25, 0.3) is 0 Å². The van der Waals surface area contributed by atoms with Gasteiger partial charge >= 0.3 is 0 Å². The van der Waals surface area contributed by atoms with Crippen LogP contribution < -0.4 is 5.43 Å². The molecule has 0 spiro atoms. The smallest absolute Gasteiger partial charge is 0.244 e. The summed E-state index contributed by atoms with van der Waals surface area (Å²) in [6.07, 6.45) is 5.76. The largest absolute Gasteiger partial charge is 0.508 e. The molecule has 1 saturated heterocycles. The molecule has 0 amide bonds. The molecule has 7 nitrogen and oxygen atoms in total. The van der Waals surface area contributed by atoms with Crippen molar-refractivity contribution < 1.29 is 13.5 Å². The van der Waals surface area contributed by atoms with E-state index in [4.69, 9.17) is 0 Å². The number of benzene rings is 1. The van der Waals surface area contributed by atoms with E-state index < -0.39 is 10.0 Å². The Morgan fingerprint density at radius 1 is 1.16 bits per heavy atom. The quantitative estimate of drug-likeness (QED) is 0.631. The topological polar surface area (TPSA) is 94.9 Å². The van der Waals surface area contributed by atoms with Crippen LogP contribution in [0.3, 0.4) is 0 Å². The highest BCUT2D eigenvalue weighted by molar-refractivity contribution is 7.89. The highest BCUT2D eigenvalue weighted by Gasteiger charge is 2.25. The maximum atomic E-state index is 12.5. The van der Waals surface area contributed by atoms with E-state index >= 15 is 0 Å². The first kappa shape index (κ1) is 17.4. The Bertz CT molecular complexity index is 844. The summed E-state index contributed by atoms with van der Waals surface area (Å²) in [5.41, 5.74) is 3.47. The van der Waals surface area contributed by atoms with Crippen LogP contribution >= 0.6 is 0 Å². The number of aromatic nitrogens is 1. The van der Waals surface area contributed by atoms with Gasteiger partial charge in [0.1, 0.15) is 16.5 Å². The number of aromatic hydroxyl groups is 1. The zero-order valence-electron chi connectivity index (χ0n) is 13.7. The van der Waals surface area contributed by atoms with Gasteiger partial charge in [0.2, 0.25) is 10.0 Å². The Kier molecular flexibility index (Phi) is 5.30. The van der Waals surface area contributed by atoms with Gasteiger partial charge < -0.3 is 5.11 Å². The standard InChI is InChI=1S/C17H20N4O3S/c22-15-6-4-5-14(11-15)12-19-20-17-8-7-16(13-18-17)25(23,24)21-9-2-1-3-10-21/h4-8,11-13,22H,1-3,9-10H2,(H,18,20)/b19-12+. The number of sulfonamides is 1. The molecule has 0 aliphatic carbocycles. The maximum absolute atomic E-state index is 12.5. The average Bonchev–Trinajstić information content (AvgIpc) is 2.63. The van der Waals surface area contributed by atoms with Gasteiger partial charge in [0.05, 0.1) is 6.21 Å². The second-order valence-corrected chi connectivity index (χ2v) is 7.75.